The lowest BCUT2D eigenvalue weighted by atomic mass is 10.1. The van der Waals surface area contributed by atoms with Gasteiger partial charge in [-0.2, -0.15) is 5.10 Å². The van der Waals surface area contributed by atoms with Crippen LogP contribution in [0.2, 0.25) is 0 Å². The van der Waals surface area contributed by atoms with Gasteiger partial charge in [-0.05, 0) is 32.9 Å². The second-order valence-electron chi connectivity index (χ2n) is 6.13. The lowest BCUT2D eigenvalue weighted by Gasteiger charge is -2.21. The van der Waals surface area contributed by atoms with Crippen molar-refractivity contribution in [2.45, 2.75) is 40.9 Å². The topological polar surface area (TPSA) is 64.2 Å². The summed E-state index contributed by atoms with van der Waals surface area (Å²) in [5, 5.41) is 9.06. The highest BCUT2D eigenvalue weighted by Gasteiger charge is 2.16. The summed E-state index contributed by atoms with van der Waals surface area (Å²) in [6, 6.07) is 8.39. The van der Waals surface area contributed by atoms with E-state index in [4.69, 9.17) is 4.52 Å². The predicted molar refractivity (Wildman–Crippen MR) is 92.8 cm³/mol. The molecule has 0 N–H and O–H groups in total. The van der Waals surface area contributed by atoms with Crippen molar-refractivity contribution < 1.29 is 4.52 Å². The van der Waals surface area contributed by atoms with Gasteiger partial charge in [-0.15, -0.1) is 0 Å². The molecule has 0 unspecified atom stereocenters. The van der Waals surface area contributed by atoms with Gasteiger partial charge < -0.3 is 4.52 Å². The third-order valence-corrected chi connectivity index (χ3v) is 4.20. The molecule has 24 heavy (non-hydrogen) atoms. The maximum Gasteiger partial charge on any atom is 0.298 e. The third-order valence-electron chi connectivity index (χ3n) is 4.20. The zero-order valence-electron chi connectivity index (χ0n) is 14.5. The van der Waals surface area contributed by atoms with Crippen molar-refractivity contribution in [1.82, 2.24) is 19.8 Å². The maximum absolute atomic E-state index is 12.6. The smallest absolute Gasteiger partial charge is 0.298 e. The van der Waals surface area contributed by atoms with E-state index in [1.165, 1.54) is 15.8 Å². The van der Waals surface area contributed by atoms with Crippen LogP contribution in [-0.2, 0) is 13.2 Å². The standard InChI is InChI=1S/C18H22N4O2/c1-5-21(10-15-8-6-7-12(2)9-15)11-22-18(23)17-16(13(3)19-22)14(4)24-20-17/h6-9H,5,10-11H2,1-4H3. The van der Waals surface area contributed by atoms with E-state index in [2.05, 4.69) is 53.3 Å². The Morgan fingerprint density at radius 1 is 1.25 bits per heavy atom. The average molecular weight is 326 g/mol. The fourth-order valence-corrected chi connectivity index (χ4v) is 2.96. The number of hydrogen-bond donors (Lipinski definition) is 0. The SMILES string of the molecule is CCN(Cc1cccc(C)c1)Cn1nc(C)c2c(C)onc2c1=O. The molecule has 0 atom stereocenters. The molecule has 0 spiro atoms. The molecule has 0 aliphatic rings. The van der Waals surface area contributed by atoms with Gasteiger partial charge in [-0.25, -0.2) is 4.68 Å². The normalized spacial score (nSPS) is 11.5. The van der Waals surface area contributed by atoms with Gasteiger partial charge in [0.05, 0.1) is 17.7 Å². The van der Waals surface area contributed by atoms with Crippen molar-refractivity contribution in [3.8, 4) is 0 Å². The van der Waals surface area contributed by atoms with Gasteiger partial charge in [0.15, 0.2) is 5.52 Å². The van der Waals surface area contributed by atoms with E-state index in [1.807, 2.05) is 6.92 Å². The lowest BCUT2D eigenvalue weighted by molar-refractivity contribution is 0.204. The molecule has 3 aromatic rings. The van der Waals surface area contributed by atoms with Crippen LogP contribution >= 0.6 is 0 Å². The second-order valence-corrected chi connectivity index (χ2v) is 6.13. The Labute approximate surface area is 140 Å². The first-order valence-corrected chi connectivity index (χ1v) is 8.11. The molecule has 0 amide bonds. The van der Waals surface area contributed by atoms with Gasteiger partial charge in [0.1, 0.15) is 5.76 Å². The molecule has 0 saturated carbocycles. The van der Waals surface area contributed by atoms with Gasteiger partial charge in [-0.1, -0.05) is 41.9 Å². The minimum atomic E-state index is -0.213. The molecule has 0 saturated heterocycles. The molecule has 6 heteroatoms. The van der Waals surface area contributed by atoms with Crippen LogP contribution in [0.25, 0.3) is 10.9 Å². The summed E-state index contributed by atoms with van der Waals surface area (Å²) in [6.07, 6.45) is 0. The van der Waals surface area contributed by atoms with E-state index in [9.17, 15) is 4.79 Å². The minimum Gasteiger partial charge on any atom is -0.360 e. The fraction of sp³-hybridized carbons (Fsp3) is 0.389. The van der Waals surface area contributed by atoms with E-state index >= 15 is 0 Å². The molecule has 0 fully saturated rings. The predicted octanol–water partition coefficient (Wildman–Crippen LogP) is 2.79. The van der Waals surface area contributed by atoms with Gasteiger partial charge in [-0.3, -0.25) is 9.69 Å². The molecule has 2 heterocycles. The maximum atomic E-state index is 12.6. The van der Waals surface area contributed by atoms with Crippen molar-refractivity contribution >= 4 is 10.9 Å². The van der Waals surface area contributed by atoms with E-state index in [0.717, 1.165) is 24.2 Å². The Bertz CT molecular complexity index is 926. The second kappa shape index (κ2) is 6.57. The van der Waals surface area contributed by atoms with E-state index in [1.54, 1.807) is 6.92 Å². The molecule has 0 aliphatic heterocycles. The summed E-state index contributed by atoms with van der Waals surface area (Å²) < 4.78 is 6.63. The molecule has 0 aliphatic carbocycles. The molecule has 2 aromatic heterocycles. The molecule has 3 rings (SSSR count). The average Bonchev–Trinajstić information content (AvgIpc) is 2.94. The van der Waals surface area contributed by atoms with Crippen molar-refractivity contribution in [2.75, 3.05) is 6.54 Å². The van der Waals surface area contributed by atoms with Crippen molar-refractivity contribution in [1.29, 1.82) is 0 Å². The molecule has 126 valence electrons. The Kier molecular flexibility index (Phi) is 4.49. The largest absolute Gasteiger partial charge is 0.360 e. The summed E-state index contributed by atoms with van der Waals surface area (Å²) in [6.45, 7) is 9.83. The van der Waals surface area contributed by atoms with Crippen LogP contribution in [0.15, 0.2) is 33.6 Å². The molecule has 0 bridgehead atoms. The minimum absolute atomic E-state index is 0.213. The number of benzene rings is 1. The molecular weight excluding hydrogens is 304 g/mol. The molecule has 6 nitrogen and oxygen atoms in total. The van der Waals surface area contributed by atoms with Crippen LogP contribution in [0, 0.1) is 20.8 Å². The van der Waals surface area contributed by atoms with E-state index < -0.39 is 0 Å². The first kappa shape index (κ1) is 16.4. The first-order chi connectivity index (χ1) is 11.5. The zero-order valence-corrected chi connectivity index (χ0v) is 14.5. The lowest BCUT2D eigenvalue weighted by Crippen LogP contribution is -2.34. The monoisotopic (exact) mass is 326 g/mol. The van der Waals surface area contributed by atoms with E-state index in [-0.39, 0.29) is 5.56 Å². The van der Waals surface area contributed by atoms with Crippen molar-refractivity contribution in [2.24, 2.45) is 0 Å². The van der Waals surface area contributed by atoms with Crippen molar-refractivity contribution in [3.05, 3.63) is 57.2 Å². The highest BCUT2D eigenvalue weighted by Crippen LogP contribution is 2.16. The van der Waals surface area contributed by atoms with Crippen LogP contribution in [0.4, 0.5) is 0 Å². The van der Waals surface area contributed by atoms with Crippen LogP contribution in [-0.4, -0.2) is 26.4 Å². The Morgan fingerprint density at radius 3 is 2.75 bits per heavy atom. The summed E-state index contributed by atoms with van der Waals surface area (Å²) in [7, 11) is 0. The molecule has 1 aromatic carbocycles. The number of nitrogens with zero attached hydrogens (tertiary/aromatic N) is 4. The van der Waals surface area contributed by atoms with Gasteiger partial charge >= 0.3 is 0 Å². The summed E-state index contributed by atoms with van der Waals surface area (Å²) in [5.74, 6) is 0.631. The Hall–Kier alpha value is -2.47. The van der Waals surface area contributed by atoms with Crippen LogP contribution in [0.1, 0.15) is 29.5 Å². The van der Waals surface area contributed by atoms with Gasteiger partial charge in [0, 0.05) is 6.54 Å². The van der Waals surface area contributed by atoms with Crippen LogP contribution in [0.3, 0.4) is 0 Å². The quantitative estimate of drug-likeness (QED) is 0.721. The highest BCUT2D eigenvalue weighted by molar-refractivity contribution is 5.81. The zero-order chi connectivity index (χ0) is 17.3. The summed E-state index contributed by atoms with van der Waals surface area (Å²) in [5.41, 5.74) is 3.35. The fourth-order valence-electron chi connectivity index (χ4n) is 2.96. The highest BCUT2D eigenvalue weighted by atomic mass is 16.5. The number of aryl methyl sites for hydroxylation is 3. The molecule has 0 radical (unpaired) electrons. The number of hydrogen-bond acceptors (Lipinski definition) is 5. The van der Waals surface area contributed by atoms with Crippen molar-refractivity contribution in [3.63, 3.8) is 0 Å². The van der Waals surface area contributed by atoms with Crippen LogP contribution in [0.5, 0.6) is 0 Å². The summed E-state index contributed by atoms with van der Waals surface area (Å²) in [4.78, 5) is 14.8. The Morgan fingerprint density at radius 2 is 2.04 bits per heavy atom. The van der Waals surface area contributed by atoms with E-state index in [0.29, 0.717) is 17.9 Å². The first-order valence-electron chi connectivity index (χ1n) is 8.11. The Balaban J connectivity index is 1.90. The number of rotatable bonds is 5. The van der Waals surface area contributed by atoms with Gasteiger partial charge in [0.2, 0.25) is 0 Å². The molecular formula is C18H22N4O2. The summed E-state index contributed by atoms with van der Waals surface area (Å²) >= 11 is 0. The third kappa shape index (κ3) is 3.10. The number of fused-ring (bicyclic) bond motifs is 1. The van der Waals surface area contributed by atoms with Gasteiger partial charge in [0.25, 0.3) is 5.56 Å². The van der Waals surface area contributed by atoms with Crippen LogP contribution < -0.4 is 5.56 Å². The number of aromatic nitrogens is 3.